The van der Waals surface area contributed by atoms with Gasteiger partial charge in [0.15, 0.2) is 11.6 Å². The van der Waals surface area contributed by atoms with Crippen LogP contribution in [0.2, 0.25) is 0 Å². The van der Waals surface area contributed by atoms with Crippen LogP contribution in [-0.2, 0) is 0 Å². The van der Waals surface area contributed by atoms with Crippen molar-refractivity contribution in [1.82, 2.24) is 0 Å². The first kappa shape index (κ1) is 11.1. The molecule has 0 N–H and O–H groups in total. The van der Waals surface area contributed by atoms with E-state index in [1.807, 2.05) is 30.4 Å². The second-order valence-corrected chi connectivity index (χ2v) is 4.78. The number of hydrogen-bond donors (Lipinski definition) is 0. The number of carbonyl (C=O) groups excluding carboxylic acids is 2. The monoisotopic (exact) mass is 238 g/mol. The molecule has 2 aliphatic carbocycles. The van der Waals surface area contributed by atoms with Gasteiger partial charge in [0.25, 0.3) is 0 Å². The van der Waals surface area contributed by atoms with Gasteiger partial charge in [-0.15, -0.1) is 0 Å². The lowest BCUT2D eigenvalue weighted by Gasteiger charge is -2.29. The predicted molar refractivity (Wildman–Crippen MR) is 69.6 cm³/mol. The van der Waals surface area contributed by atoms with Gasteiger partial charge >= 0.3 is 0 Å². The third-order valence-electron chi connectivity index (χ3n) is 3.77. The molecule has 0 radical (unpaired) electrons. The van der Waals surface area contributed by atoms with Crippen molar-refractivity contribution >= 4 is 11.6 Å². The topological polar surface area (TPSA) is 34.1 Å². The number of rotatable bonds is 1. The van der Waals surface area contributed by atoms with Crippen LogP contribution in [0.3, 0.4) is 0 Å². The average molecular weight is 238 g/mol. The van der Waals surface area contributed by atoms with E-state index in [-0.39, 0.29) is 23.4 Å². The lowest BCUT2D eigenvalue weighted by molar-refractivity contribution is 0.0801. The Kier molecular flexibility index (Phi) is 2.51. The molecule has 0 amide bonds. The summed E-state index contributed by atoms with van der Waals surface area (Å²) in [6.45, 7) is 2.06. The molecule has 0 spiro atoms. The number of benzene rings is 1. The van der Waals surface area contributed by atoms with Crippen LogP contribution in [0.5, 0.6) is 0 Å². The summed E-state index contributed by atoms with van der Waals surface area (Å²) >= 11 is 0. The van der Waals surface area contributed by atoms with Crippen LogP contribution in [0.15, 0.2) is 48.1 Å². The van der Waals surface area contributed by atoms with Gasteiger partial charge in [-0.1, -0.05) is 55.0 Å². The minimum Gasteiger partial charge on any atom is -0.293 e. The highest BCUT2D eigenvalue weighted by atomic mass is 16.1. The van der Waals surface area contributed by atoms with E-state index in [4.69, 9.17) is 0 Å². The molecule has 0 aliphatic heterocycles. The van der Waals surface area contributed by atoms with Crippen molar-refractivity contribution < 1.29 is 9.59 Å². The van der Waals surface area contributed by atoms with Gasteiger partial charge in [-0.05, 0) is 6.42 Å². The van der Waals surface area contributed by atoms with E-state index in [0.29, 0.717) is 11.1 Å². The number of Topliss-reactive ketones (excluding diaryl/α,β-unsaturated/α-hetero) is 2. The van der Waals surface area contributed by atoms with Crippen LogP contribution < -0.4 is 0 Å². The van der Waals surface area contributed by atoms with Crippen molar-refractivity contribution in [3.8, 4) is 0 Å². The summed E-state index contributed by atoms with van der Waals surface area (Å²) in [6, 6.07) is 7.12. The zero-order chi connectivity index (χ0) is 12.7. The average Bonchev–Trinajstić information content (AvgIpc) is 2.44. The first-order valence-corrected chi connectivity index (χ1v) is 6.28. The van der Waals surface area contributed by atoms with Crippen molar-refractivity contribution in [1.29, 1.82) is 0 Å². The van der Waals surface area contributed by atoms with Gasteiger partial charge in [-0.2, -0.15) is 0 Å². The maximum absolute atomic E-state index is 12.4. The highest BCUT2D eigenvalue weighted by Gasteiger charge is 2.39. The smallest absolute Gasteiger partial charge is 0.171 e. The molecular formula is C16H14O2. The van der Waals surface area contributed by atoms with Crippen molar-refractivity contribution in [3.05, 3.63) is 59.2 Å². The molecule has 1 aromatic carbocycles. The van der Waals surface area contributed by atoms with E-state index in [9.17, 15) is 9.59 Å². The Balaban J connectivity index is 2.13. The molecule has 2 nitrogen and oxygen atoms in total. The lowest BCUT2D eigenvalue weighted by Crippen LogP contribution is -2.35. The van der Waals surface area contributed by atoms with E-state index in [1.165, 1.54) is 0 Å². The molecule has 2 unspecified atom stereocenters. The Labute approximate surface area is 106 Å². The summed E-state index contributed by atoms with van der Waals surface area (Å²) in [4.78, 5) is 24.8. The lowest BCUT2D eigenvalue weighted by atomic mass is 9.71. The minimum atomic E-state index is -0.303. The van der Waals surface area contributed by atoms with Crippen LogP contribution >= 0.6 is 0 Å². The molecule has 0 fully saturated rings. The van der Waals surface area contributed by atoms with E-state index < -0.39 is 0 Å². The second kappa shape index (κ2) is 4.05. The maximum Gasteiger partial charge on any atom is 0.171 e. The van der Waals surface area contributed by atoms with Crippen LogP contribution in [0.4, 0.5) is 0 Å². The quantitative estimate of drug-likeness (QED) is 0.753. The Morgan fingerprint density at radius 1 is 1.00 bits per heavy atom. The zero-order valence-corrected chi connectivity index (χ0v) is 10.2. The Morgan fingerprint density at radius 3 is 2.22 bits per heavy atom. The Morgan fingerprint density at radius 2 is 1.61 bits per heavy atom. The molecule has 2 heteroatoms. The molecule has 0 aromatic heterocycles. The summed E-state index contributed by atoms with van der Waals surface area (Å²) in [5.41, 5.74) is 2.28. The zero-order valence-electron chi connectivity index (χ0n) is 10.2. The standard InChI is InChI=1S/C16H14O2/c1-2-10-7-8-13-14(9-10)16(18)12-6-4-3-5-11(12)15(13)17/h3-9,13-14H,2H2,1H3. The highest BCUT2D eigenvalue weighted by molar-refractivity contribution is 6.17. The summed E-state index contributed by atoms with van der Waals surface area (Å²) < 4.78 is 0. The molecule has 2 aliphatic rings. The molecular weight excluding hydrogens is 224 g/mol. The van der Waals surface area contributed by atoms with Crippen LogP contribution in [0, 0.1) is 11.8 Å². The van der Waals surface area contributed by atoms with Crippen LogP contribution in [-0.4, -0.2) is 11.6 Å². The Hall–Kier alpha value is -1.96. The van der Waals surface area contributed by atoms with E-state index in [2.05, 4.69) is 6.92 Å². The first-order valence-electron chi connectivity index (χ1n) is 6.28. The molecule has 18 heavy (non-hydrogen) atoms. The fraction of sp³-hybridized carbons (Fsp3) is 0.250. The van der Waals surface area contributed by atoms with Gasteiger partial charge in [0.05, 0.1) is 11.8 Å². The van der Waals surface area contributed by atoms with Crippen molar-refractivity contribution in [2.75, 3.05) is 0 Å². The molecule has 0 heterocycles. The van der Waals surface area contributed by atoms with Gasteiger partial charge in [-0.3, -0.25) is 9.59 Å². The van der Waals surface area contributed by atoms with Gasteiger partial charge in [0.2, 0.25) is 0 Å². The van der Waals surface area contributed by atoms with Gasteiger partial charge in [0, 0.05) is 11.1 Å². The fourth-order valence-electron chi connectivity index (χ4n) is 2.73. The van der Waals surface area contributed by atoms with Crippen molar-refractivity contribution in [2.45, 2.75) is 13.3 Å². The fourth-order valence-corrected chi connectivity index (χ4v) is 2.73. The highest BCUT2D eigenvalue weighted by Crippen LogP contribution is 2.35. The van der Waals surface area contributed by atoms with Crippen molar-refractivity contribution in [2.24, 2.45) is 11.8 Å². The van der Waals surface area contributed by atoms with Crippen LogP contribution in [0.1, 0.15) is 34.1 Å². The largest absolute Gasteiger partial charge is 0.293 e. The molecule has 0 saturated heterocycles. The first-order chi connectivity index (χ1) is 8.72. The third kappa shape index (κ3) is 1.49. The SMILES string of the molecule is CCC1=CC2C(=O)c3ccccc3C(=O)C2C=C1. The van der Waals surface area contributed by atoms with E-state index >= 15 is 0 Å². The summed E-state index contributed by atoms with van der Waals surface area (Å²) in [7, 11) is 0. The number of allylic oxidation sites excluding steroid dienone is 4. The molecule has 1 aromatic rings. The summed E-state index contributed by atoms with van der Waals surface area (Å²) in [5, 5.41) is 0. The maximum atomic E-state index is 12.4. The number of carbonyl (C=O) groups is 2. The Bertz CT molecular complexity index is 593. The normalized spacial score (nSPS) is 25.5. The van der Waals surface area contributed by atoms with Crippen LogP contribution in [0.25, 0.3) is 0 Å². The van der Waals surface area contributed by atoms with E-state index in [0.717, 1.165) is 12.0 Å². The molecule has 3 rings (SSSR count). The van der Waals surface area contributed by atoms with Crippen molar-refractivity contribution in [3.63, 3.8) is 0 Å². The predicted octanol–water partition coefficient (Wildman–Crippen LogP) is 3.20. The number of ketones is 2. The van der Waals surface area contributed by atoms with Gasteiger partial charge in [-0.25, -0.2) is 0 Å². The third-order valence-corrected chi connectivity index (χ3v) is 3.77. The molecule has 2 atom stereocenters. The van der Waals surface area contributed by atoms with Gasteiger partial charge < -0.3 is 0 Å². The molecule has 0 bridgehead atoms. The van der Waals surface area contributed by atoms with Gasteiger partial charge in [0.1, 0.15) is 0 Å². The number of fused-ring (bicyclic) bond motifs is 2. The molecule has 90 valence electrons. The summed E-state index contributed by atoms with van der Waals surface area (Å²) in [6.07, 6.45) is 6.71. The summed E-state index contributed by atoms with van der Waals surface area (Å²) in [5.74, 6) is -0.460. The number of hydrogen-bond acceptors (Lipinski definition) is 2. The minimum absolute atomic E-state index is 0.0675. The second-order valence-electron chi connectivity index (χ2n) is 4.78. The molecule has 0 saturated carbocycles. The van der Waals surface area contributed by atoms with E-state index in [1.54, 1.807) is 12.1 Å².